The van der Waals surface area contributed by atoms with Crippen LogP contribution in [0, 0.1) is 35.5 Å². The fraction of sp³-hybridized carbons (Fsp3) is 0.818. The van der Waals surface area contributed by atoms with Crippen molar-refractivity contribution in [1.82, 2.24) is 0 Å². The second-order valence-electron chi connectivity index (χ2n) is 8.74. The van der Waals surface area contributed by atoms with Crippen LogP contribution in [0.5, 0.6) is 0 Å². The van der Waals surface area contributed by atoms with Crippen LogP contribution in [0.15, 0.2) is 24.3 Å². The van der Waals surface area contributed by atoms with Gasteiger partial charge < -0.3 is 0 Å². The summed E-state index contributed by atoms with van der Waals surface area (Å²) in [6, 6.07) is 0. The molecular formula is C22H34. The Labute approximate surface area is 137 Å². The molecule has 0 radical (unpaired) electrons. The first-order valence-electron chi connectivity index (χ1n) is 10.2. The summed E-state index contributed by atoms with van der Waals surface area (Å²) in [5.74, 6) is 6.14. The highest BCUT2D eigenvalue weighted by Gasteiger charge is 2.34. The smallest absolute Gasteiger partial charge is 0.00190 e. The molecule has 0 aromatic heterocycles. The zero-order chi connectivity index (χ0) is 14.8. The number of rotatable bonds is 3. The van der Waals surface area contributed by atoms with Gasteiger partial charge in [0.15, 0.2) is 0 Å². The van der Waals surface area contributed by atoms with E-state index in [1.807, 2.05) is 0 Å². The number of allylic oxidation sites excluding steroid dienone is 4. The van der Waals surface area contributed by atoms with Crippen molar-refractivity contribution >= 4 is 0 Å². The average molecular weight is 299 g/mol. The van der Waals surface area contributed by atoms with Crippen molar-refractivity contribution in [2.75, 3.05) is 0 Å². The summed E-state index contributed by atoms with van der Waals surface area (Å²) in [5, 5.41) is 0. The van der Waals surface area contributed by atoms with E-state index < -0.39 is 0 Å². The lowest BCUT2D eigenvalue weighted by atomic mass is 9.66. The third-order valence-corrected chi connectivity index (χ3v) is 7.69. The zero-order valence-corrected chi connectivity index (χ0v) is 14.3. The monoisotopic (exact) mass is 298 g/mol. The maximum absolute atomic E-state index is 2.43. The molecule has 0 spiro atoms. The van der Waals surface area contributed by atoms with E-state index in [0.717, 1.165) is 35.5 Å². The lowest BCUT2D eigenvalue weighted by Crippen LogP contribution is -2.28. The average Bonchev–Trinajstić information content (AvgIpc) is 3.29. The maximum atomic E-state index is 2.43. The van der Waals surface area contributed by atoms with Crippen molar-refractivity contribution in [1.29, 1.82) is 0 Å². The second kappa shape index (κ2) is 6.93. The largest absolute Gasteiger partial charge is 0.0773 e. The fourth-order valence-corrected chi connectivity index (χ4v) is 6.28. The van der Waals surface area contributed by atoms with E-state index in [1.165, 1.54) is 38.5 Å². The van der Waals surface area contributed by atoms with Crippen LogP contribution in [0.4, 0.5) is 0 Å². The van der Waals surface area contributed by atoms with Gasteiger partial charge in [0, 0.05) is 0 Å². The molecule has 22 heavy (non-hydrogen) atoms. The van der Waals surface area contributed by atoms with Crippen molar-refractivity contribution in [3.8, 4) is 0 Å². The molecule has 122 valence electrons. The van der Waals surface area contributed by atoms with Gasteiger partial charge in [-0.3, -0.25) is 0 Å². The molecule has 4 rings (SSSR count). The molecule has 3 saturated carbocycles. The predicted molar refractivity (Wildman–Crippen MR) is 94.6 cm³/mol. The summed E-state index contributed by atoms with van der Waals surface area (Å²) in [5.41, 5.74) is 0. The summed E-state index contributed by atoms with van der Waals surface area (Å²) in [4.78, 5) is 0. The number of hydrogen-bond acceptors (Lipinski definition) is 0. The summed E-state index contributed by atoms with van der Waals surface area (Å²) in [6.07, 6.45) is 27.9. The van der Waals surface area contributed by atoms with Crippen LogP contribution in [0.2, 0.25) is 0 Å². The molecule has 0 N–H and O–H groups in total. The molecule has 0 atom stereocenters. The topological polar surface area (TPSA) is 0 Å². The van der Waals surface area contributed by atoms with Crippen LogP contribution in [-0.2, 0) is 0 Å². The van der Waals surface area contributed by atoms with Crippen LogP contribution in [0.3, 0.4) is 0 Å². The van der Waals surface area contributed by atoms with Gasteiger partial charge in [-0.1, -0.05) is 50.0 Å². The van der Waals surface area contributed by atoms with E-state index in [0.29, 0.717) is 0 Å². The van der Waals surface area contributed by atoms with Gasteiger partial charge >= 0.3 is 0 Å². The molecule has 0 heterocycles. The fourth-order valence-electron chi connectivity index (χ4n) is 6.28. The van der Waals surface area contributed by atoms with E-state index in [-0.39, 0.29) is 0 Å². The van der Waals surface area contributed by atoms with E-state index in [4.69, 9.17) is 0 Å². The summed E-state index contributed by atoms with van der Waals surface area (Å²) in [6.45, 7) is 0. The highest BCUT2D eigenvalue weighted by Crippen LogP contribution is 2.46. The van der Waals surface area contributed by atoms with Crippen molar-refractivity contribution in [3.63, 3.8) is 0 Å². The minimum Gasteiger partial charge on any atom is -0.0773 e. The van der Waals surface area contributed by atoms with Crippen LogP contribution in [0.1, 0.15) is 77.0 Å². The molecule has 0 nitrogen and oxygen atoms in total. The summed E-state index contributed by atoms with van der Waals surface area (Å²) in [7, 11) is 0. The Morgan fingerprint density at radius 3 is 1.23 bits per heavy atom. The third-order valence-electron chi connectivity index (χ3n) is 7.69. The van der Waals surface area contributed by atoms with Crippen molar-refractivity contribution < 1.29 is 0 Å². The predicted octanol–water partition coefficient (Wildman–Crippen LogP) is 6.53. The molecule has 0 amide bonds. The van der Waals surface area contributed by atoms with Crippen LogP contribution >= 0.6 is 0 Å². The molecule has 0 aliphatic heterocycles. The third kappa shape index (κ3) is 3.22. The van der Waals surface area contributed by atoms with Gasteiger partial charge in [-0.2, -0.15) is 0 Å². The van der Waals surface area contributed by atoms with Gasteiger partial charge in [0.2, 0.25) is 0 Å². The van der Waals surface area contributed by atoms with Gasteiger partial charge in [-0.25, -0.2) is 0 Å². The maximum Gasteiger partial charge on any atom is -0.00190 e. The molecule has 0 heteroatoms. The lowest BCUT2D eigenvalue weighted by molar-refractivity contribution is 0.121. The highest BCUT2D eigenvalue weighted by molar-refractivity contribution is 5.18. The van der Waals surface area contributed by atoms with Crippen LogP contribution in [0.25, 0.3) is 0 Å². The zero-order valence-electron chi connectivity index (χ0n) is 14.3. The Morgan fingerprint density at radius 2 is 0.773 bits per heavy atom. The molecule has 3 fully saturated rings. The SMILES string of the molecule is C1=CC(C2CCC(C3CCC(C4CCCC4)CC3)CC2)C=C1. The van der Waals surface area contributed by atoms with Crippen molar-refractivity contribution in [2.45, 2.75) is 77.0 Å². The molecule has 4 aliphatic rings. The Kier molecular flexibility index (Phi) is 4.74. The summed E-state index contributed by atoms with van der Waals surface area (Å²) < 4.78 is 0. The first kappa shape index (κ1) is 15.0. The Balaban J connectivity index is 1.23. The first-order valence-corrected chi connectivity index (χ1v) is 10.2. The normalized spacial score (nSPS) is 40.5. The molecule has 4 aliphatic carbocycles. The van der Waals surface area contributed by atoms with Gasteiger partial charge in [-0.15, -0.1) is 0 Å². The van der Waals surface area contributed by atoms with Gasteiger partial charge in [0.05, 0.1) is 0 Å². The Bertz CT molecular complexity index is 384. The van der Waals surface area contributed by atoms with E-state index in [2.05, 4.69) is 24.3 Å². The molecular weight excluding hydrogens is 264 g/mol. The van der Waals surface area contributed by atoms with E-state index >= 15 is 0 Å². The van der Waals surface area contributed by atoms with E-state index in [9.17, 15) is 0 Å². The molecule has 0 bridgehead atoms. The standard InChI is InChI=1S/C22H34/c1-2-6-17(5-1)19-9-13-21(14-10-19)22-15-11-20(12-16-22)18-7-3-4-8-18/h1-2,5-6,17-22H,3-4,7-16H2. The van der Waals surface area contributed by atoms with Gasteiger partial charge in [0.25, 0.3) is 0 Å². The quantitative estimate of drug-likeness (QED) is 0.555. The first-order chi connectivity index (χ1) is 10.9. The van der Waals surface area contributed by atoms with Crippen molar-refractivity contribution in [3.05, 3.63) is 24.3 Å². The van der Waals surface area contributed by atoms with Crippen LogP contribution in [-0.4, -0.2) is 0 Å². The lowest BCUT2D eigenvalue weighted by Gasteiger charge is -2.40. The Hall–Kier alpha value is -0.520. The molecule has 0 aromatic rings. The second-order valence-corrected chi connectivity index (χ2v) is 8.74. The number of hydrogen-bond donors (Lipinski definition) is 0. The van der Waals surface area contributed by atoms with Crippen molar-refractivity contribution in [2.24, 2.45) is 35.5 Å². The Morgan fingerprint density at radius 1 is 0.409 bits per heavy atom. The highest BCUT2D eigenvalue weighted by atomic mass is 14.4. The minimum absolute atomic E-state index is 0.777. The molecule has 0 saturated heterocycles. The van der Waals surface area contributed by atoms with Gasteiger partial charge in [-0.05, 0) is 86.9 Å². The van der Waals surface area contributed by atoms with Gasteiger partial charge in [0.1, 0.15) is 0 Å². The minimum atomic E-state index is 0.777. The summed E-state index contributed by atoms with van der Waals surface area (Å²) >= 11 is 0. The molecule has 0 unspecified atom stereocenters. The van der Waals surface area contributed by atoms with E-state index in [1.54, 1.807) is 38.5 Å². The van der Waals surface area contributed by atoms with Crippen LogP contribution < -0.4 is 0 Å². The molecule has 0 aromatic carbocycles.